The molecule has 0 N–H and O–H groups in total. The fourth-order valence-electron chi connectivity index (χ4n) is 3.55. The summed E-state index contributed by atoms with van der Waals surface area (Å²) in [5, 5.41) is 0. The van der Waals surface area contributed by atoms with Crippen molar-refractivity contribution >= 4 is 9.84 Å². The summed E-state index contributed by atoms with van der Waals surface area (Å²) in [6.45, 7) is 8.61. The molecule has 4 nitrogen and oxygen atoms in total. The lowest BCUT2D eigenvalue weighted by atomic mass is 10.1. The molecule has 0 aromatic heterocycles. The van der Waals surface area contributed by atoms with E-state index in [9.17, 15) is 8.42 Å². The quantitative estimate of drug-likeness (QED) is 0.764. The van der Waals surface area contributed by atoms with Crippen LogP contribution in [0.1, 0.15) is 40.0 Å². The molecule has 0 amide bonds. The van der Waals surface area contributed by atoms with Gasteiger partial charge in [-0.2, -0.15) is 0 Å². The topological polar surface area (TPSA) is 46.6 Å². The van der Waals surface area contributed by atoms with Gasteiger partial charge in [0.25, 0.3) is 0 Å². The maximum Gasteiger partial charge on any atom is 0.175 e. The van der Waals surface area contributed by atoms with Gasteiger partial charge in [-0.25, -0.2) is 8.42 Å². The molecular weight excluding hydrogens is 310 g/mol. The third-order valence-corrected chi connectivity index (χ3v) is 5.99. The number of rotatable bonds is 7. The minimum Gasteiger partial charge on any atom is -0.493 e. The number of nitrogens with zero attached hydrogens (tertiary/aromatic N) is 1. The first-order valence-electron chi connectivity index (χ1n) is 8.53. The van der Waals surface area contributed by atoms with E-state index in [2.05, 4.69) is 25.7 Å². The number of hydrogen-bond acceptors (Lipinski definition) is 4. The third kappa shape index (κ3) is 4.70. The summed E-state index contributed by atoms with van der Waals surface area (Å²) in [7, 11) is -3.14. The van der Waals surface area contributed by atoms with E-state index in [0.29, 0.717) is 29.5 Å². The van der Waals surface area contributed by atoms with Gasteiger partial charge in [0.2, 0.25) is 0 Å². The van der Waals surface area contributed by atoms with Gasteiger partial charge in [-0.05, 0) is 50.5 Å². The number of likely N-dealkylation sites (tertiary alicyclic amines) is 1. The van der Waals surface area contributed by atoms with Crippen molar-refractivity contribution in [2.75, 3.05) is 19.4 Å². The molecule has 1 aromatic rings. The van der Waals surface area contributed by atoms with Crippen molar-refractivity contribution < 1.29 is 13.2 Å². The molecule has 2 rings (SSSR count). The summed E-state index contributed by atoms with van der Waals surface area (Å²) in [5.74, 6) is 1.28. The number of ether oxygens (including phenoxy) is 1. The lowest BCUT2D eigenvalue weighted by Gasteiger charge is -2.29. The van der Waals surface area contributed by atoms with Crippen LogP contribution >= 0.6 is 0 Å². The van der Waals surface area contributed by atoms with Crippen molar-refractivity contribution in [3.8, 4) is 5.75 Å². The Kier molecular flexibility index (Phi) is 6.09. The normalized spacial score (nSPS) is 22.7. The van der Waals surface area contributed by atoms with Gasteiger partial charge in [0.15, 0.2) is 9.84 Å². The van der Waals surface area contributed by atoms with Gasteiger partial charge in [0, 0.05) is 30.8 Å². The average Bonchev–Trinajstić information content (AvgIpc) is 2.87. The molecule has 2 atom stereocenters. The molecule has 1 aliphatic rings. The highest BCUT2D eigenvalue weighted by molar-refractivity contribution is 7.90. The summed E-state index contributed by atoms with van der Waals surface area (Å²) >= 11 is 0. The molecule has 130 valence electrons. The summed E-state index contributed by atoms with van der Waals surface area (Å²) in [5.41, 5.74) is 0. The number of benzene rings is 1. The van der Waals surface area contributed by atoms with Crippen LogP contribution in [-0.2, 0) is 9.84 Å². The summed E-state index contributed by atoms with van der Waals surface area (Å²) in [4.78, 5) is 2.94. The minimum atomic E-state index is -3.14. The van der Waals surface area contributed by atoms with Crippen LogP contribution in [0.15, 0.2) is 29.2 Å². The number of hydrogen-bond donors (Lipinski definition) is 0. The van der Waals surface area contributed by atoms with E-state index >= 15 is 0 Å². The molecule has 1 fully saturated rings. The zero-order chi connectivity index (χ0) is 17.0. The van der Waals surface area contributed by atoms with E-state index in [0.717, 1.165) is 18.7 Å². The van der Waals surface area contributed by atoms with Gasteiger partial charge in [-0.1, -0.05) is 13.8 Å². The van der Waals surface area contributed by atoms with E-state index in [1.807, 2.05) is 0 Å². The highest BCUT2D eigenvalue weighted by Crippen LogP contribution is 2.28. The highest BCUT2D eigenvalue weighted by Gasteiger charge is 2.32. The monoisotopic (exact) mass is 339 g/mol. The summed E-state index contributed by atoms with van der Waals surface area (Å²) in [6, 6.07) is 7.99. The van der Waals surface area contributed by atoms with Gasteiger partial charge in [-0.15, -0.1) is 0 Å². The average molecular weight is 340 g/mol. The maximum absolute atomic E-state index is 11.5. The largest absolute Gasteiger partial charge is 0.493 e. The van der Waals surface area contributed by atoms with Gasteiger partial charge in [-0.3, -0.25) is 4.90 Å². The smallest absolute Gasteiger partial charge is 0.175 e. The van der Waals surface area contributed by atoms with Crippen molar-refractivity contribution in [2.45, 2.75) is 57.0 Å². The Bertz CT molecular complexity index is 593. The molecular formula is C18H29NO3S. The minimum absolute atomic E-state index is 0.333. The van der Waals surface area contributed by atoms with Gasteiger partial charge in [0.1, 0.15) is 5.75 Å². The van der Waals surface area contributed by atoms with E-state index in [1.165, 1.54) is 19.1 Å². The van der Waals surface area contributed by atoms with Crippen molar-refractivity contribution in [1.29, 1.82) is 0 Å². The number of sulfone groups is 1. The van der Waals surface area contributed by atoms with Crippen molar-refractivity contribution in [2.24, 2.45) is 5.92 Å². The van der Waals surface area contributed by atoms with Crippen LogP contribution in [0.25, 0.3) is 0 Å². The Balaban J connectivity index is 1.89. The van der Waals surface area contributed by atoms with E-state index in [1.54, 1.807) is 24.3 Å². The predicted octanol–water partition coefficient (Wildman–Crippen LogP) is 3.37. The van der Waals surface area contributed by atoms with Gasteiger partial charge < -0.3 is 4.74 Å². The summed E-state index contributed by atoms with van der Waals surface area (Å²) in [6.07, 6.45) is 4.77. The molecule has 0 bridgehead atoms. The van der Waals surface area contributed by atoms with Crippen LogP contribution in [0.5, 0.6) is 5.75 Å². The third-order valence-electron chi connectivity index (χ3n) is 4.86. The first-order valence-corrected chi connectivity index (χ1v) is 10.4. The molecule has 0 aliphatic carbocycles. The molecule has 2 unspecified atom stereocenters. The van der Waals surface area contributed by atoms with Crippen molar-refractivity contribution in [3.63, 3.8) is 0 Å². The van der Waals surface area contributed by atoms with Crippen LogP contribution in [0.2, 0.25) is 0 Å². The van der Waals surface area contributed by atoms with Gasteiger partial charge in [0.05, 0.1) is 11.5 Å². The molecule has 1 aliphatic heterocycles. The van der Waals surface area contributed by atoms with E-state index in [4.69, 9.17) is 4.74 Å². The Hall–Kier alpha value is -1.07. The Morgan fingerprint density at radius 1 is 1.22 bits per heavy atom. The second kappa shape index (κ2) is 7.67. The molecule has 0 saturated carbocycles. The van der Waals surface area contributed by atoms with Crippen LogP contribution < -0.4 is 4.74 Å². The van der Waals surface area contributed by atoms with Gasteiger partial charge >= 0.3 is 0 Å². The molecule has 23 heavy (non-hydrogen) atoms. The molecule has 0 radical (unpaired) electrons. The maximum atomic E-state index is 11.5. The standard InChI is InChI=1S/C18H29NO3S/c1-5-16(6-2)19-12-15(11-14(19)3)13-22-17-7-9-18(10-8-17)23(4,20)21/h7-10,14-16H,5-6,11-13H2,1-4H3. The van der Waals surface area contributed by atoms with Crippen LogP contribution in [0, 0.1) is 5.92 Å². The fourth-order valence-corrected chi connectivity index (χ4v) is 4.19. The van der Waals surface area contributed by atoms with Crippen LogP contribution in [0.3, 0.4) is 0 Å². The predicted molar refractivity (Wildman–Crippen MR) is 93.7 cm³/mol. The zero-order valence-corrected chi connectivity index (χ0v) is 15.5. The fraction of sp³-hybridized carbons (Fsp3) is 0.667. The summed E-state index contributed by atoms with van der Waals surface area (Å²) < 4.78 is 28.8. The first kappa shape index (κ1) is 18.3. The van der Waals surface area contributed by atoms with Crippen LogP contribution in [0.4, 0.5) is 0 Å². The second-order valence-corrected chi connectivity index (χ2v) is 8.69. The van der Waals surface area contributed by atoms with E-state index in [-0.39, 0.29) is 0 Å². The Morgan fingerprint density at radius 2 is 1.83 bits per heavy atom. The molecule has 1 saturated heterocycles. The molecule has 1 heterocycles. The first-order chi connectivity index (χ1) is 10.8. The second-order valence-electron chi connectivity index (χ2n) is 6.67. The highest BCUT2D eigenvalue weighted by atomic mass is 32.2. The Morgan fingerprint density at radius 3 is 2.35 bits per heavy atom. The Labute approximate surface area is 140 Å². The zero-order valence-electron chi connectivity index (χ0n) is 14.7. The lowest BCUT2D eigenvalue weighted by Crippen LogP contribution is -2.37. The lowest BCUT2D eigenvalue weighted by molar-refractivity contribution is 0.169. The van der Waals surface area contributed by atoms with Crippen LogP contribution in [-0.4, -0.2) is 44.8 Å². The molecule has 5 heteroatoms. The van der Waals surface area contributed by atoms with Crippen molar-refractivity contribution in [3.05, 3.63) is 24.3 Å². The molecule has 0 spiro atoms. The SMILES string of the molecule is CCC(CC)N1CC(COc2ccc(S(C)(=O)=O)cc2)CC1C. The molecule has 1 aromatic carbocycles. The van der Waals surface area contributed by atoms with Crippen molar-refractivity contribution in [1.82, 2.24) is 4.90 Å². The van der Waals surface area contributed by atoms with E-state index < -0.39 is 9.84 Å².